The molecule has 198 valence electrons. The summed E-state index contributed by atoms with van der Waals surface area (Å²) < 4.78 is 1.03. The summed E-state index contributed by atoms with van der Waals surface area (Å²) in [6, 6.07) is 1.96. The highest BCUT2D eigenvalue weighted by molar-refractivity contribution is 9.14. The summed E-state index contributed by atoms with van der Waals surface area (Å²) in [7, 11) is 1.98. The third-order valence-electron chi connectivity index (χ3n) is 7.14. The molecule has 1 aromatic rings. The van der Waals surface area contributed by atoms with Gasteiger partial charge >= 0.3 is 0 Å². The van der Waals surface area contributed by atoms with Gasteiger partial charge in [-0.1, -0.05) is 25.1 Å². The molecule has 2 amide bonds. The van der Waals surface area contributed by atoms with Gasteiger partial charge in [0.25, 0.3) is 5.91 Å². The maximum Gasteiger partial charge on any atom is 0.254 e. The second kappa shape index (κ2) is 13.6. The van der Waals surface area contributed by atoms with E-state index in [1.807, 2.05) is 44.3 Å². The predicted molar refractivity (Wildman–Crippen MR) is 153 cm³/mol. The summed E-state index contributed by atoms with van der Waals surface area (Å²) in [6.07, 6.45) is 13.4. The fraction of sp³-hybridized carbons (Fsp3) is 0.593. The number of hydrogen-bond donors (Lipinski definition) is 2. The van der Waals surface area contributed by atoms with Crippen LogP contribution in [0.3, 0.4) is 0 Å². The Morgan fingerprint density at radius 1 is 1.28 bits per heavy atom. The molecule has 3 aliphatic rings. The first kappa shape index (κ1) is 28.7. The molecule has 9 heteroatoms. The van der Waals surface area contributed by atoms with E-state index in [1.165, 1.54) is 38.6 Å². The molecule has 1 aliphatic carbocycles. The van der Waals surface area contributed by atoms with Crippen LogP contribution in [0.1, 0.15) is 63.1 Å². The van der Waals surface area contributed by atoms with Gasteiger partial charge < -0.3 is 15.5 Å². The number of amides is 2. The van der Waals surface area contributed by atoms with Crippen molar-refractivity contribution in [2.75, 3.05) is 38.5 Å². The van der Waals surface area contributed by atoms with Crippen molar-refractivity contribution in [1.29, 1.82) is 0 Å². The molecule has 1 aromatic heterocycles. The van der Waals surface area contributed by atoms with Crippen molar-refractivity contribution in [3.05, 3.63) is 44.0 Å². The zero-order valence-corrected chi connectivity index (χ0v) is 24.4. The van der Waals surface area contributed by atoms with Gasteiger partial charge in [0.15, 0.2) is 0 Å². The molecule has 2 fully saturated rings. The summed E-state index contributed by atoms with van der Waals surface area (Å²) in [5.74, 6) is -0.0427. The Hall–Kier alpha value is -1.84. The Labute approximate surface area is 228 Å². The minimum absolute atomic E-state index is 0.0427. The van der Waals surface area contributed by atoms with Crippen LogP contribution < -0.4 is 10.6 Å². The molecule has 2 aliphatic heterocycles. The fourth-order valence-electron chi connectivity index (χ4n) is 5.10. The molecular weight excluding hydrogens is 538 g/mol. The van der Waals surface area contributed by atoms with Gasteiger partial charge in [-0.15, -0.1) is 0 Å². The van der Waals surface area contributed by atoms with Crippen LogP contribution in [0.4, 0.5) is 5.69 Å². The standard InChI is InChI=1S/C17H22BrN3OS.C10H18N2O/c1-5-6-15-13(9-21(4)10-16(18)23-15)17(22)20-14-7-11(2)8-19-12(14)3;13-9-11-6-8-12-7-2-5-10(12)3-1-4-10/h7-8,10H,5-6,9H2,1-4H3,(H,20,22);9H,1-8H2,(H,11,13). The number of thioether (sulfide) groups is 1. The normalized spacial score (nSPS) is 19.1. The molecule has 0 radical (unpaired) electrons. The number of likely N-dealkylation sites (tertiary alicyclic amines) is 1. The molecule has 1 saturated heterocycles. The highest BCUT2D eigenvalue weighted by atomic mass is 79.9. The summed E-state index contributed by atoms with van der Waals surface area (Å²) >= 11 is 5.19. The second-order valence-electron chi connectivity index (χ2n) is 9.94. The van der Waals surface area contributed by atoms with Crippen LogP contribution in [0.25, 0.3) is 0 Å². The SMILES string of the molecule is CCCC1=C(C(=O)Nc2cc(C)cnc2C)CN(C)C=C(Br)S1.O=CNCCN1CCCC12CCC2. The molecule has 0 unspecified atom stereocenters. The highest BCUT2D eigenvalue weighted by Crippen LogP contribution is 2.45. The van der Waals surface area contributed by atoms with Gasteiger partial charge in [-0.05, 0) is 86.5 Å². The molecule has 0 aromatic carbocycles. The minimum Gasteiger partial charge on any atom is -0.375 e. The molecule has 3 heterocycles. The topological polar surface area (TPSA) is 77.6 Å². The Kier molecular flexibility index (Phi) is 10.9. The monoisotopic (exact) mass is 577 g/mol. The number of anilines is 1. The Morgan fingerprint density at radius 3 is 2.69 bits per heavy atom. The lowest BCUT2D eigenvalue weighted by Crippen LogP contribution is -2.51. The van der Waals surface area contributed by atoms with Crippen LogP contribution >= 0.6 is 27.7 Å². The van der Waals surface area contributed by atoms with E-state index in [0.717, 1.165) is 63.6 Å². The van der Waals surface area contributed by atoms with Crippen molar-refractivity contribution >= 4 is 45.7 Å². The predicted octanol–water partition coefficient (Wildman–Crippen LogP) is 5.31. The number of carbonyl (C=O) groups excluding carboxylic acids is 2. The maximum atomic E-state index is 12.8. The molecule has 4 rings (SSSR count). The lowest BCUT2D eigenvalue weighted by atomic mass is 9.75. The van der Waals surface area contributed by atoms with Gasteiger partial charge in [0.2, 0.25) is 6.41 Å². The molecule has 2 N–H and O–H groups in total. The van der Waals surface area contributed by atoms with Crippen LogP contribution in [0, 0.1) is 13.8 Å². The van der Waals surface area contributed by atoms with E-state index >= 15 is 0 Å². The number of allylic oxidation sites excluding steroid dienone is 1. The Morgan fingerprint density at radius 2 is 2.03 bits per heavy atom. The number of rotatable bonds is 8. The van der Waals surface area contributed by atoms with E-state index < -0.39 is 0 Å². The van der Waals surface area contributed by atoms with Crippen molar-refractivity contribution in [3.8, 4) is 0 Å². The number of aromatic nitrogens is 1. The number of nitrogens with zero attached hydrogens (tertiary/aromatic N) is 3. The summed E-state index contributed by atoms with van der Waals surface area (Å²) in [4.78, 5) is 33.0. The van der Waals surface area contributed by atoms with Gasteiger partial charge in [0.1, 0.15) is 0 Å². The summed E-state index contributed by atoms with van der Waals surface area (Å²) in [6.45, 7) is 9.69. The van der Waals surface area contributed by atoms with Gasteiger partial charge in [0, 0.05) is 55.1 Å². The van der Waals surface area contributed by atoms with E-state index in [9.17, 15) is 9.59 Å². The van der Waals surface area contributed by atoms with Crippen LogP contribution in [-0.4, -0.2) is 65.9 Å². The molecule has 0 atom stereocenters. The molecule has 0 bridgehead atoms. The first-order valence-electron chi connectivity index (χ1n) is 12.9. The number of pyridine rings is 1. The number of hydrogen-bond acceptors (Lipinski definition) is 6. The molecular formula is C27H40BrN5O2S. The lowest BCUT2D eigenvalue weighted by Gasteiger charge is -2.46. The van der Waals surface area contributed by atoms with Gasteiger partial charge in [0.05, 0.1) is 15.2 Å². The van der Waals surface area contributed by atoms with E-state index in [-0.39, 0.29) is 5.91 Å². The van der Waals surface area contributed by atoms with E-state index in [4.69, 9.17) is 0 Å². The summed E-state index contributed by atoms with van der Waals surface area (Å²) in [5.41, 5.74) is 4.03. The number of carbonyl (C=O) groups is 2. The largest absolute Gasteiger partial charge is 0.375 e. The quantitative estimate of drug-likeness (QED) is 0.322. The fourth-order valence-corrected chi connectivity index (χ4v) is 7.09. The minimum atomic E-state index is -0.0427. The number of nitrogens with one attached hydrogen (secondary N) is 2. The zero-order valence-electron chi connectivity index (χ0n) is 22.0. The average molecular weight is 579 g/mol. The third-order valence-corrected chi connectivity index (χ3v) is 8.83. The number of likely N-dealkylation sites (N-methyl/N-ethyl adjacent to an activating group) is 1. The first-order valence-corrected chi connectivity index (χ1v) is 14.5. The third kappa shape index (κ3) is 7.59. The molecule has 1 saturated carbocycles. The van der Waals surface area contributed by atoms with Crippen molar-refractivity contribution in [2.24, 2.45) is 0 Å². The van der Waals surface area contributed by atoms with Crippen LogP contribution in [0.15, 0.2) is 32.8 Å². The molecule has 1 spiro atoms. The zero-order chi connectivity index (χ0) is 26.1. The first-order chi connectivity index (χ1) is 17.3. The highest BCUT2D eigenvalue weighted by Gasteiger charge is 2.44. The van der Waals surface area contributed by atoms with Gasteiger partial charge in [-0.2, -0.15) is 0 Å². The second-order valence-corrected chi connectivity index (χ2v) is 12.5. The number of halogens is 1. The van der Waals surface area contributed by atoms with Crippen LogP contribution in [0.5, 0.6) is 0 Å². The average Bonchev–Trinajstić information content (AvgIpc) is 3.18. The Balaban J connectivity index is 0.000000233. The van der Waals surface area contributed by atoms with Gasteiger partial charge in [-0.25, -0.2) is 0 Å². The van der Waals surface area contributed by atoms with Gasteiger partial charge in [-0.3, -0.25) is 19.5 Å². The Bertz CT molecular complexity index is 992. The van der Waals surface area contributed by atoms with Crippen molar-refractivity contribution in [1.82, 2.24) is 20.1 Å². The van der Waals surface area contributed by atoms with E-state index in [1.54, 1.807) is 11.8 Å². The van der Waals surface area contributed by atoms with Crippen molar-refractivity contribution in [3.63, 3.8) is 0 Å². The summed E-state index contributed by atoms with van der Waals surface area (Å²) in [5, 5.41) is 5.77. The van der Waals surface area contributed by atoms with Crippen LogP contribution in [-0.2, 0) is 9.59 Å². The molecule has 7 nitrogen and oxygen atoms in total. The smallest absolute Gasteiger partial charge is 0.254 e. The maximum absolute atomic E-state index is 12.8. The number of aryl methyl sites for hydroxylation is 2. The molecule has 36 heavy (non-hydrogen) atoms. The van der Waals surface area contributed by atoms with Crippen molar-refractivity contribution in [2.45, 2.75) is 71.3 Å². The van der Waals surface area contributed by atoms with Crippen molar-refractivity contribution < 1.29 is 9.59 Å². The lowest BCUT2D eigenvalue weighted by molar-refractivity contribution is -0.113. The van der Waals surface area contributed by atoms with E-state index in [2.05, 4.69) is 43.4 Å². The van der Waals surface area contributed by atoms with Crippen LogP contribution in [0.2, 0.25) is 0 Å². The van der Waals surface area contributed by atoms with E-state index in [0.29, 0.717) is 12.1 Å².